The van der Waals surface area contributed by atoms with Crippen LogP contribution in [-0.2, 0) is 4.79 Å². The number of nitrogens with one attached hydrogen (secondary N) is 1. The number of amides is 1. The highest BCUT2D eigenvalue weighted by Crippen LogP contribution is 2.23. The Bertz CT molecular complexity index is 724. The minimum atomic E-state index is -0.0244. The number of hydrogen-bond donors (Lipinski definition) is 1. The van der Waals surface area contributed by atoms with Gasteiger partial charge in [0.25, 0.3) is 0 Å². The van der Waals surface area contributed by atoms with Gasteiger partial charge < -0.3 is 10.1 Å². The van der Waals surface area contributed by atoms with Crippen molar-refractivity contribution in [3.05, 3.63) is 34.4 Å². The number of carbonyl (C=O) groups is 1. The molecular formula is C17H21ClN4O2S. The number of piperidine rings is 1. The van der Waals surface area contributed by atoms with Crippen LogP contribution in [0, 0.1) is 12.8 Å². The molecule has 1 aliphatic rings. The molecule has 3 heterocycles. The summed E-state index contributed by atoms with van der Waals surface area (Å²) in [4.78, 5) is 22.7. The van der Waals surface area contributed by atoms with E-state index in [1.54, 1.807) is 18.3 Å². The van der Waals surface area contributed by atoms with Crippen molar-refractivity contribution in [2.45, 2.75) is 19.8 Å². The summed E-state index contributed by atoms with van der Waals surface area (Å²) in [7, 11) is 0. The molecule has 134 valence electrons. The summed E-state index contributed by atoms with van der Waals surface area (Å²) in [6, 6.07) is 3.54. The third-order valence-corrected chi connectivity index (χ3v) is 5.18. The summed E-state index contributed by atoms with van der Waals surface area (Å²) in [5.74, 6) is 0.809. The normalized spacial score (nSPS) is 18.1. The summed E-state index contributed by atoms with van der Waals surface area (Å²) in [6.45, 7) is 4.59. The highest BCUT2D eigenvalue weighted by atomic mass is 35.5. The molecule has 0 saturated carbocycles. The third-order valence-electron chi connectivity index (χ3n) is 4.02. The highest BCUT2D eigenvalue weighted by Gasteiger charge is 2.23. The van der Waals surface area contributed by atoms with Gasteiger partial charge in [-0.05, 0) is 38.4 Å². The van der Waals surface area contributed by atoms with Gasteiger partial charge in [-0.2, -0.15) is 0 Å². The second-order valence-corrected chi connectivity index (χ2v) is 7.45. The molecule has 25 heavy (non-hydrogen) atoms. The maximum absolute atomic E-state index is 12.2. The van der Waals surface area contributed by atoms with Crippen LogP contribution >= 0.6 is 22.9 Å². The van der Waals surface area contributed by atoms with Crippen LogP contribution in [0.25, 0.3) is 0 Å². The number of carbonyl (C=O) groups excluding carboxylic acids is 1. The molecule has 1 N–H and O–H groups in total. The van der Waals surface area contributed by atoms with Gasteiger partial charge in [0.15, 0.2) is 5.13 Å². The van der Waals surface area contributed by atoms with Gasteiger partial charge in [-0.3, -0.25) is 9.69 Å². The van der Waals surface area contributed by atoms with Crippen LogP contribution in [0.1, 0.15) is 18.5 Å². The van der Waals surface area contributed by atoms with E-state index in [1.807, 2.05) is 12.3 Å². The number of ether oxygens (including phenoxy) is 1. The van der Waals surface area contributed by atoms with E-state index in [1.165, 1.54) is 11.3 Å². The van der Waals surface area contributed by atoms with Crippen LogP contribution in [0.2, 0.25) is 5.02 Å². The SMILES string of the molecule is Cc1csc(NC(=O)CN2CCCC(COc3ncccc3Cl)C2)n1. The highest BCUT2D eigenvalue weighted by molar-refractivity contribution is 7.13. The van der Waals surface area contributed by atoms with Crippen molar-refractivity contribution in [3.8, 4) is 5.88 Å². The van der Waals surface area contributed by atoms with Gasteiger partial charge in [0.2, 0.25) is 11.8 Å². The maximum Gasteiger partial charge on any atom is 0.240 e. The fourth-order valence-electron chi connectivity index (χ4n) is 2.88. The number of hydrogen-bond acceptors (Lipinski definition) is 6. The molecule has 3 rings (SSSR count). The lowest BCUT2D eigenvalue weighted by molar-refractivity contribution is -0.117. The van der Waals surface area contributed by atoms with Crippen molar-refractivity contribution in [2.75, 3.05) is 31.6 Å². The Hall–Kier alpha value is -1.70. The third kappa shape index (κ3) is 5.39. The fraction of sp³-hybridized carbons (Fsp3) is 0.471. The average Bonchev–Trinajstić information content (AvgIpc) is 2.99. The van der Waals surface area contributed by atoms with Gasteiger partial charge in [-0.25, -0.2) is 9.97 Å². The Balaban J connectivity index is 1.46. The summed E-state index contributed by atoms with van der Waals surface area (Å²) in [5, 5.41) is 5.96. The van der Waals surface area contributed by atoms with Gasteiger partial charge in [0.05, 0.1) is 18.8 Å². The first-order valence-corrected chi connectivity index (χ1v) is 9.53. The van der Waals surface area contributed by atoms with Gasteiger partial charge in [0, 0.05) is 24.0 Å². The van der Waals surface area contributed by atoms with E-state index in [2.05, 4.69) is 20.2 Å². The summed E-state index contributed by atoms with van der Waals surface area (Å²) in [6.07, 6.45) is 3.79. The number of anilines is 1. The molecule has 6 nitrogen and oxygen atoms in total. The van der Waals surface area contributed by atoms with Crippen LogP contribution in [0.3, 0.4) is 0 Å². The zero-order chi connectivity index (χ0) is 17.6. The van der Waals surface area contributed by atoms with Crippen molar-refractivity contribution in [1.82, 2.24) is 14.9 Å². The van der Waals surface area contributed by atoms with Gasteiger partial charge in [-0.15, -0.1) is 11.3 Å². The molecular weight excluding hydrogens is 360 g/mol. The number of nitrogens with zero attached hydrogens (tertiary/aromatic N) is 3. The quantitative estimate of drug-likeness (QED) is 0.833. The molecule has 2 aromatic heterocycles. The smallest absolute Gasteiger partial charge is 0.240 e. The molecule has 2 aromatic rings. The Morgan fingerprint density at radius 2 is 2.44 bits per heavy atom. The van der Waals surface area contributed by atoms with E-state index in [-0.39, 0.29) is 5.91 Å². The van der Waals surface area contributed by atoms with Crippen molar-refractivity contribution in [1.29, 1.82) is 0 Å². The van der Waals surface area contributed by atoms with Gasteiger partial charge in [0.1, 0.15) is 5.02 Å². The Morgan fingerprint density at radius 1 is 1.56 bits per heavy atom. The van der Waals surface area contributed by atoms with Crippen molar-refractivity contribution < 1.29 is 9.53 Å². The lowest BCUT2D eigenvalue weighted by atomic mass is 9.99. The van der Waals surface area contributed by atoms with Crippen LogP contribution in [-0.4, -0.2) is 47.0 Å². The Morgan fingerprint density at radius 3 is 3.20 bits per heavy atom. The second kappa shape index (κ2) is 8.60. The maximum atomic E-state index is 12.2. The summed E-state index contributed by atoms with van der Waals surface area (Å²) >= 11 is 7.51. The zero-order valence-electron chi connectivity index (χ0n) is 14.1. The summed E-state index contributed by atoms with van der Waals surface area (Å²) < 4.78 is 5.75. The van der Waals surface area contributed by atoms with Crippen molar-refractivity contribution >= 4 is 34.0 Å². The topological polar surface area (TPSA) is 67.4 Å². The van der Waals surface area contributed by atoms with E-state index >= 15 is 0 Å². The Kier molecular flexibility index (Phi) is 6.23. The summed E-state index contributed by atoms with van der Waals surface area (Å²) in [5.41, 5.74) is 0.920. The molecule has 0 aromatic carbocycles. The Labute approximate surface area is 156 Å². The molecule has 8 heteroatoms. The van der Waals surface area contributed by atoms with E-state index in [0.29, 0.717) is 35.1 Å². The predicted molar refractivity (Wildman–Crippen MR) is 99.4 cm³/mol. The zero-order valence-corrected chi connectivity index (χ0v) is 15.6. The first-order chi connectivity index (χ1) is 12.1. The first-order valence-electron chi connectivity index (χ1n) is 8.28. The molecule has 0 spiro atoms. The van der Waals surface area contributed by atoms with E-state index < -0.39 is 0 Å². The number of halogens is 1. The number of rotatable bonds is 6. The molecule has 0 radical (unpaired) electrons. The molecule has 1 saturated heterocycles. The molecule has 1 fully saturated rings. The van der Waals surface area contributed by atoms with Crippen LogP contribution < -0.4 is 10.1 Å². The molecule has 1 unspecified atom stereocenters. The standard InChI is InChI=1S/C17H21ClN4O2S/c1-12-11-25-17(20-12)21-15(23)9-22-7-3-4-13(8-22)10-24-16-14(18)5-2-6-19-16/h2,5-6,11,13H,3-4,7-10H2,1H3,(H,20,21,23). The van der Waals surface area contributed by atoms with Crippen LogP contribution in [0.4, 0.5) is 5.13 Å². The average molecular weight is 381 g/mol. The minimum absolute atomic E-state index is 0.0244. The largest absolute Gasteiger partial charge is 0.476 e. The monoisotopic (exact) mass is 380 g/mol. The fourth-order valence-corrected chi connectivity index (χ4v) is 3.76. The van der Waals surface area contributed by atoms with Gasteiger partial charge >= 0.3 is 0 Å². The molecule has 0 bridgehead atoms. The first kappa shape index (κ1) is 18.1. The number of thiazole rings is 1. The minimum Gasteiger partial charge on any atom is -0.476 e. The van der Waals surface area contributed by atoms with Crippen molar-refractivity contribution in [3.63, 3.8) is 0 Å². The molecule has 1 amide bonds. The molecule has 1 atom stereocenters. The number of pyridine rings is 1. The van der Waals surface area contributed by atoms with E-state index in [9.17, 15) is 4.79 Å². The number of aryl methyl sites for hydroxylation is 1. The number of likely N-dealkylation sites (tertiary alicyclic amines) is 1. The van der Waals surface area contributed by atoms with Gasteiger partial charge in [-0.1, -0.05) is 11.6 Å². The second-order valence-electron chi connectivity index (χ2n) is 6.19. The lowest BCUT2D eigenvalue weighted by Crippen LogP contribution is -2.42. The van der Waals surface area contributed by atoms with Crippen LogP contribution in [0.15, 0.2) is 23.7 Å². The molecule has 0 aliphatic carbocycles. The molecule has 1 aliphatic heterocycles. The predicted octanol–water partition coefficient (Wildman–Crippen LogP) is 3.23. The number of aromatic nitrogens is 2. The van der Waals surface area contributed by atoms with E-state index in [4.69, 9.17) is 16.3 Å². The van der Waals surface area contributed by atoms with E-state index in [0.717, 1.165) is 31.6 Å². The van der Waals surface area contributed by atoms with Crippen molar-refractivity contribution in [2.24, 2.45) is 5.92 Å². The lowest BCUT2D eigenvalue weighted by Gasteiger charge is -2.31. The van der Waals surface area contributed by atoms with Crippen LogP contribution in [0.5, 0.6) is 5.88 Å².